The minimum absolute atomic E-state index is 0.0558. The molecule has 2 rings (SSSR count). The first-order chi connectivity index (χ1) is 8.08. The molecule has 0 radical (unpaired) electrons. The molecule has 0 aliphatic carbocycles. The minimum Gasteiger partial charge on any atom is -0.398 e. The molecule has 0 bridgehead atoms. The Kier molecular flexibility index (Phi) is 3.57. The van der Waals surface area contributed by atoms with Crippen molar-refractivity contribution in [2.24, 2.45) is 5.92 Å². The molecule has 1 fully saturated rings. The van der Waals surface area contributed by atoms with Gasteiger partial charge in [0.1, 0.15) is 0 Å². The maximum atomic E-state index is 12.2. The van der Waals surface area contributed by atoms with E-state index in [0.29, 0.717) is 22.2 Å². The first kappa shape index (κ1) is 12.2. The second kappa shape index (κ2) is 4.96. The van der Waals surface area contributed by atoms with Gasteiger partial charge in [-0.05, 0) is 37.0 Å². The van der Waals surface area contributed by atoms with Gasteiger partial charge < -0.3 is 10.6 Å². The van der Waals surface area contributed by atoms with Gasteiger partial charge in [-0.3, -0.25) is 4.79 Å². The smallest absolute Gasteiger partial charge is 0.253 e. The largest absolute Gasteiger partial charge is 0.398 e. The van der Waals surface area contributed by atoms with Gasteiger partial charge in [0.2, 0.25) is 0 Å². The van der Waals surface area contributed by atoms with Gasteiger partial charge >= 0.3 is 0 Å². The molecule has 2 N–H and O–H groups in total. The van der Waals surface area contributed by atoms with Crippen molar-refractivity contribution >= 4 is 23.2 Å². The van der Waals surface area contributed by atoms with Crippen LogP contribution in [0.1, 0.15) is 30.1 Å². The van der Waals surface area contributed by atoms with Crippen LogP contribution in [0, 0.1) is 5.92 Å². The molecule has 1 saturated heterocycles. The van der Waals surface area contributed by atoms with Crippen LogP contribution < -0.4 is 5.73 Å². The number of nitrogens with two attached hydrogens (primary N) is 1. The molecular weight excluding hydrogens is 236 g/mol. The molecule has 1 aromatic rings. The van der Waals surface area contributed by atoms with E-state index in [2.05, 4.69) is 6.92 Å². The van der Waals surface area contributed by atoms with Gasteiger partial charge in [0.15, 0.2) is 0 Å². The third-order valence-electron chi connectivity index (χ3n) is 3.31. The van der Waals surface area contributed by atoms with Crippen molar-refractivity contribution in [3.05, 3.63) is 28.8 Å². The predicted molar refractivity (Wildman–Crippen MR) is 70.2 cm³/mol. The van der Waals surface area contributed by atoms with E-state index in [9.17, 15) is 4.79 Å². The van der Waals surface area contributed by atoms with Crippen LogP contribution >= 0.6 is 11.6 Å². The Morgan fingerprint density at radius 2 is 2.06 bits per heavy atom. The zero-order chi connectivity index (χ0) is 12.4. The Balaban J connectivity index is 2.11. The molecule has 3 nitrogen and oxygen atoms in total. The number of amides is 1. The van der Waals surface area contributed by atoms with Gasteiger partial charge in [-0.1, -0.05) is 18.5 Å². The highest BCUT2D eigenvalue weighted by molar-refractivity contribution is 6.33. The molecule has 0 spiro atoms. The van der Waals surface area contributed by atoms with E-state index >= 15 is 0 Å². The van der Waals surface area contributed by atoms with E-state index in [0.717, 1.165) is 25.9 Å². The van der Waals surface area contributed by atoms with Gasteiger partial charge in [-0.2, -0.15) is 0 Å². The molecule has 1 amide bonds. The summed E-state index contributed by atoms with van der Waals surface area (Å²) in [5.41, 5.74) is 6.79. The first-order valence-corrected chi connectivity index (χ1v) is 6.30. The lowest BCUT2D eigenvalue weighted by Gasteiger charge is -2.30. The predicted octanol–water partition coefficient (Wildman–Crippen LogP) is 2.79. The zero-order valence-corrected chi connectivity index (χ0v) is 10.7. The fourth-order valence-electron chi connectivity index (χ4n) is 2.07. The summed E-state index contributed by atoms with van der Waals surface area (Å²) in [4.78, 5) is 14.1. The van der Waals surface area contributed by atoms with Crippen LogP contribution in [-0.4, -0.2) is 23.9 Å². The second-order valence-corrected chi connectivity index (χ2v) is 5.12. The number of likely N-dealkylation sites (tertiary alicyclic amines) is 1. The van der Waals surface area contributed by atoms with E-state index in [4.69, 9.17) is 17.3 Å². The molecule has 1 aliphatic rings. The highest BCUT2D eigenvalue weighted by atomic mass is 35.5. The average Bonchev–Trinajstić information content (AvgIpc) is 2.33. The topological polar surface area (TPSA) is 46.3 Å². The summed E-state index contributed by atoms with van der Waals surface area (Å²) in [6.07, 6.45) is 2.16. The van der Waals surface area contributed by atoms with Crippen molar-refractivity contribution in [2.45, 2.75) is 19.8 Å². The monoisotopic (exact) mass is 252 g/mol. The van der Waals surface area contributed by atoms with Gasteiger partial charge in [0.25, 0.3) is 5.91 Å². The molecule has 17 heavy (non-hydrogen) atoms. The van der Waals surface area contributed by atoms with Crippen LogP contribution in [0.3, 0.4) is 0 Å². The van der Waals surface area contributed by atoms with Crippen LogP contribution in [0.25, 0.3) is 0 Å². The van der Waals surface area contributed by atoms with Crippen LogP contribution in [0.15, 0.2) is 18.2 Å². The Bertz CT molecular complexity index is 425. The Morgan fingerprint density at radius 3 is 2.65 bits per heavy atom. The molecule has 0 atom stereocenters. The molecule has 0 saturated carbocycles. The van der Waals surface area contributed by atoms with Crippen LogP contribution in [0.5, 0.6) is 0 Å². The highest BCUT2D eigenvalue weighted by Crippen LogP contribution is 2.22. The quantitative estimate of drug-likeness (QED) is 0.782. The molecule has 1 aliphatic heterocycles. The Hall–Kier alpha value is -1.22. The van der Waals surface area contributed by atoms with Crippen molar-refractivity contribution in [1.82, 2.24) is 4.90 Å². The van der Waals surface area contributed by atoms with Gasteiger partial charge in [-0.15, -0.1) is 0 Å². The molecule has 0 unspecified atom stereocenters. The average molecular weight is 253 g/mol. The summed E-state index contributed by atoms with van der Waals surface area (Å²) >= 11 is 5.84. The molecule has 0 aromatic heterocycles. The van der Waals surface area contributed by atoms with Crippen molar-refractivity contribution < 1.29 is 4.79 Å². The van der Waals surface area contributed by atoms with Crippen LogP contribution in [0.4, 0.5) is 5.69 Å². The summed E-state index contributed by atoms with van der Waals surface area (Å²) in [5, 5.41) is 0.494. The van der Waals surface area contributed by atoms with Gasteiger partial charge in [0.05, 0.1) is 10.7 Å². The zero-order valence-electron chi connectivity index (χ0n) is 9.95. The normalized spacial score (nSPS) is 17.2. The Morgan fingerprint density at radius 1 is 1.41 bits per heavy atom. The standard InChI is InChI=1S/C13H17ClN2O/c1-9-4-6-16(7-5-9)13(17)10-2-3-11(14)12(15)8-10/h2-3,8-9H,4-7,15H2,1H3. The van der Waals surface area contributed by atoms with E-state index in [1.54, 1.807) is 18.2 Å². The summed E-state index contributed by atoms with van der Waals surface area (Å²) < 4.78 is 0. The summed E-state index contributed by atoms with van der Waals surface area (Å²) in [5.74, 6) is 0.773. The third kappa shape index (κ3) is 2.72. The summed E-state index contributed by atoms with van der Waals surface area (Å²) in [6.45, 7) is 3.90. The number of hydrogen-bond acceptors (Lipinski definition) is 2. The number of halogens is 1. The molecular formula is C13H17ClN2O. The first-order valence-electron chi connectivity index (χ1n) is 5.92. The highest BCUT2D eigenvalue weighted by Gasteiger charge is 2.21. The SMILES string of the molecule is CC1CCN(C(=O)c2ccc(Cl)c(N)c2)CC1. The van der Waals surface area contributed by atoms with Crippen molar-refractivity contribution in [3.8, 4) is 0 Å². The lowest BCUT2D eigenvalue weighted by atomic mass is 9.98. The van der Waals surface area contributed by atoms with Crippen LogP contribution in [0.2, 0.25) is 5.02 Å². The number of nitrogen functional groups attached to an aromatic ring is 1. The molecule has 1 aromatic carbocycles. The van der Waals surface area contributed by atoms with Crippen molar-refractivity contribution in [1.29, 1.82) is 0 Å². The van der Waals surface area contributed by atoms with E-state index in [-0.39, 0.29) is 5.91 Å². The number of nitrogens with zero attached hydrogens (tertiary/aromatic N) is 1. The van der Waals surface area contributed by atoms with Crippen LogP contribution in [-0.2, 0) is 0 Å². The number of anilines is 1. The van der Waals surface area contributed by atoms with Crippen molar-refractivity contribution in [2.75, 3.05) is 18.8 Å². The number of hydrogen-bond donors (Lipinski definition) is 1. The molecule has 92 valence electrons. The number of carbonyl (C=O) groups is 1. The summed E-state index contributed by atoms with van der Waals surface area (Å²) in [7, 11) is 0. The number of carbonyl (C=O) groups excluding carboxylic acids is 1. The number of piperidine rings is 1. The van der Waals surface area contributed by atoms with Crippen molar-refractivity contribution in [3.63, 3.8) is 0 Å². The fourth-order valence-corrected chi connectivity index (χ4v) is 2.19. The lowest BCUT2D eigenvalue weighted by molar-refractivity contribution is 0.0697. The van der Waals surface area contributed by atoms with Gasteiger partial charge in [0, 0.05) is 18.7 Å². The number of benzene rings is 1. The minimum atomic E-state index is 0.0558. The van der Waals surface area contributed by atoms with Gasteiger partial charge in [-0.25, -0.2) is 0 Å². The molecule has 4 heteroatoms. The Labute approximate surface area is 107 Å². The van der Waals surface area contributed by atoms with E-state index in [1.807, 2.05) is 4.90 Å². The van der Waals surface area contributed by atoms with E-state index in [1.165, 1.54) is 0 Å². The molecule has 1 heterocycles. The fraction of sp³-hybridized carbons (Fsp3) is 0.462. The maximum absolute atomic E-state index is 12.2. The second-order valence-electron chi connectivity index (χ2n) is 4.71. The number of rotatable bonds is 1. The van der Waals surface area contributed by atoms with E-state index < -0.39 is 0 Å². The summed E-state index contributed by atoms with van der Waals surface area (Å²) in [6, 6.07) is 5.07. The third-order valence-corrected chi connectivity index (χ3v) is 3.66. The lowest BCUT2D eigenvalue weighted by Crippen LogP contribution is -2.37. The maximum Gasteiger partial charge on any atom is 0.253 e.